The van der Waals surface area contributed by atoms with Gasteiger partial charge in [-0.2, -0.15) is 0 Å². The molecule has 0 aliphatic carbocycles. The predicted molar refractivity (Wildman–Crippen MR) is 109 cm³/mol. The molecule has 0 radical (unpaired) electrons. The van der Waals surface area contributed by atoms with Crippen molar-refractivity contribution < 1.29 is 14.3 Å². The Bertz CT molecular complexity index is 632. The molecule has 2 aliphatic rings. The summed E-state index contributed by atoms with van der Waals surface area (Å²) in [6.07, 6.45) is 3.23. The van der Waals surface area contributed by atoms with E-state index in [2.05, 4.69) is 12.2 Å². The highest BCUT2D eigenvalue weighted by molar-refractivity contribution is 6.00. The highest BCUT2D eigenvalue weighted by Gasteiger charge is 2.38. The maximum atomic E-state index is 13.2. The van der Waals surface area contributed by atoms with Gasteiger partial charge in [-0.1, -0.05) is 6.92 Å². The van der Waals surface area contributed by atoms with Crippen LogP contribution in [0.3, 0.4) is 0 Å². The molecule has 2 fully saturated rings. The van der Waals surface area contributed by atoms with Crippen molar-refractivity contribution >= 4 is 29.9 Å². The van der Waals surface area contributed by atoms with Crippen LogP contribution < -0.4 is 15.0 Å². The van der Waals surface area contributed by atoms with Gasteiger partial charge in [0.15, 0.2) is 0 Å². The Morgan fingerprint density at radius 2 is 1.93 bits per heavy atom. The number of ether oxygens (including phenoxy) is 1. The van der Waals surface area contributed by atoms with Gasteiger partial charge >= 0.3 is 0 Å². The molecular formula is C20H30ClN3O3. The van der Waals surface area contributed by atoms with Crippen LogP contribution in [0.5, 0.6) is 5.75 Å². The SMILES string of the molecule is CCCN(C(=O)C1CC(=O)N(c2ccc(OC)cc2)C1)C1CCNCC1.Cl. The van der Waals surface area contributed by atoms with E-state index in [1.807, 2.05) is 29.2 Å². The number of piperidine rings is 1. The van der Waals surface area contributed by atoms with E-state index in [0.29, 0.717) is 19.0 Å². The van der Waals surface area contributed by atoms with Crippen LogP contribution >= 0.6 is 12.4 Å². The molecule has 6 nitrogen and oxygen atoms in total. The fourth-order valence-corrected chi connectivity index (χ4v) is 3.95. The number of hydrogen-bond acceptors (Lipinski definition) is 4. The number of carbonyl (C=O) groups excluding carboxylic acids is 2. The Hall–Kier alpha value is -1.79. The normalized spacial score (nSPS) is 20.3. The molecule has 1 N–H and O–H groups in total. The Kier molecular flexibility index (Phi) is 7.92. The highest BCUT2D eigenvalue weighted by Crippen LogP contribution is 2.29. The summed E-state index contributed by atoms with van der Waals surface area (Å²) in [4.78, 5) is 29.4. The average molecular weight is 396 g/mol. The summed E-state index contributed by atoms with van der Waals surface area (Å²) >= 11 is 0. The molecule has 1 atom stereocenters. The van der Waals surface area contributed by atoms with Crippen LogP contribution in [0.2, 0.25) is 0 Å². The number of amides is 2. The van der Waals surface area contributed by atoms with E-state index in [4.69, 9.17) is 4.74 Å². The van der Waals surface area contributed by atoms with Crippen LogP contribution in [-0.2, 0) is 9.59 Å². The summed E-state index contributed by atoms with van der Waals surface area (Å²) in [6, 6.07) is 7.74. The number of anilines is 1. The van der Waals surface area contributed by atoms with E-state index in [-0.39, 0.29) is 30.1 Å². The summed E-state index contributed by atoms with van der Waals surface area (Å²) in [5, 5.41) is 3.35. The third-order valence-electron chi connectivity index (χ3n) is 5.36. The van der Waals surface area contributed by atoms with E-state index in [1.165, 1.54) is 0 Å². The third kappa shape index (κ3) is 4.93. The Balaban J connectivity index is 0.00000261. The van der Waals surface area contributed by atoms with Gasteiger partial charge in [0.25, 0.3) is 0 Å². The van der Waals surface area contributed by atoms with Crippen molar-refractivity contribution in [1.82, 2.24) is 10.2 Å². The summed E-state index contributed by atoms with van der Waals surface area (Å²) in [5.41, 5.74) is 0.829. The lowest BCUT2D eigenvalue weighted by Gasteiger charge is -2.36. The second kappa shape index (κ2) is 9.95. The molecule has 0 spiro atoms. The van der Waals surface area contributed by atoms with Gasteiger partial charge in [0.05, 0.1) is 13.0 Å². The lowest BCUT2D eigenvalue weighted by Crippen LogP contribution is -2.48. The molecule has 1 aromatic carbocycles. The number of nitrogens with one attached hydrogen (secondary N) is 1. The lowest BCUT2D eigenvalue weighted by molar-refractivity contribution is -0.138. The van der Waals surface area contributed by atoms with Gasteiger partial charge < -0.3 is 19.9 Å². The van der Waals surface area contributed by atoms with Crippen molar-refractivity contribution in [3.8, 4) is 5.75 Å². The number of methoxy groups -OCH3 is 1. The van der Waals surface area contributed by atoms with E-state index >= 15 is 0 Å². The Morgan fingerprint density at radius 3 is 2.52 bits per heavy atom. The smallest absolute Gasteiger partial charge is 0.228 e. The summed E-state index contributed by atoms with van der Waals surface area (Å²) in [6.45, 7) is 5.26. The second-order valence-corrected chi connectivity index (χ2v) is 7.12. The molecule has 2 amide bonds. The monoisotopic (exact) mass is 395 g/mol. The van der Waals surface area contributed by atoms with Crippen LogP contribution in [0.15, 0.2) is 24.3 Å². The number of rotatable bonds is 6. The standard InChI is InChI=1S/C20H29N3O3.ClH/c1-3-12-22(17-8-10-21-11-9-17)20(25)15-13-19(24)23(14-15)16-4-6-18(26-2)7-5-16;/h4-7,15,17,21H,3,8-14H2,1-2H3;1H. The molecule has 7 heteroatoms. The largest absolute Gasteiger partial charge is 0.497 e. The van der Waals surface area contributed by atoms with Crippen LogP contribution in [0, 0.1) is 5.92 Å². The Morgan fingerprint density at radius 1 is 1.26 bits per heavy atom. The minimum Gasteiger partial charge on any atom is -0.497 e. The van der Waals surface area contributed by atoms with Crippen molar-refractivity contribution in [2.75, 3.05) is 38.2 Å². The molecule has 0 saturated carbocycles. The molecule has 3 rings (SSSR count). The van der Waals surface area contributed by atoms with Crippen LogP contribution in [-0.4, -0.2) is 56.0 Å². The van der Waals surface area contributed by atoms with Crippen molar-refractivity contribution in [3.05, 3.63) is 24.3 Å². The van der Waals surface area contributed by atoms with Gasteiger partial charge in [-0.05, 0) is 56.6 Å². The van der Waals surface area contributed by atoms with E-state index in [1.54, 1.807) is 12.0 Å². The first-order chi connectivity index (χ1) is 12.6. The molecule has 0 bridgehead atoms. The fourth-order valence-electron chi connectivity index (χ4n) is 3.95. The first kappa shape index (κ1) is 21.5. The zero-order valence-electron chi connectivity index (χ0n) is 16.1. The van der Waals surface area contributed by atoms with Gasteiger partial charge in [0.1, 0.15) is 5.75 Å². The molecule has 1 unspecified atom stereocenters. The zero-order chi connectivity index (χ0) is 18.5. The molecule has 27 heavy (non-hydrogen) atoms. The minimum atomic E-state index is -0.244. The van der Waals surface area contributed by atoms with E-state index < -0.39 is 0 Å². The van der Waals surface area contributed by atoms with Crippen LogP contribution in [0.25, 0.3) is 0 Å². The van der Waals surface area contributed by atoms with E-state index in [9.17, 15) is 9.59 Å². The lowest BCUT2D eigenvalue weighted by atomic mass is 10.0. The van der Waals surface area contributed by atoms with E-state index in [0.717, 1.165) is 50.3 Å². The molecule has 2 heterocycles. The van der Waals surface area contributed by atoms with Crippen molar-refractivity contribution in [1.29, 1.82) is 0 Å². The predicted octanol–water partition coefficient (Wildman–Crippen LogP) is 2.46. The van der Waals surface area contributed by atoms with Gasteiger partial charge in [0, 0.05) is 31.2 Å². The highest BCUT2D eigenvalue weighted by atomic mass is 35.5. The maximum absolute atomic E-state index is 13.2. The Labute approximate surface area is 167 Å². The number of carbonyl (C=O) groups is 2. The number of nitrogens with zero attached hydrogens (tertiary/aromatic N) is 2. The van der Waals surface area contributed by atoms with Crippen molar-refractivity contribution in [2.24, 2.45) is 5.92 Å². The molecule has 1 aromatic rings. The van der Waals surface area contributed by atoms with Crippen LogP contribution in [0.1, 0.15) is 32.6 Å². The average Bonchev–Trinajstić information content (AvgIpc) is 3.08. The quantitative estimate of drug-likeness (QED) is 0.803. The zero-order valence-corrected chi connectivity index (χ0v) is 17.0. The van der Waals surface area contributed by atoms with Crippen molar-refractivity contribution in [3.63, 3.8) is 0 Å². The first-order valence-electron chi connectivity index (χ1n) is 9.59. The summed E-state index contributed by atoms with van der Waals surface area (Å²) in [5.74, 6) is 0.678. The van der Waals surface area contributed by atoms with Gasteiger partial charge in [-0.25, -0.2) is 0 Å². The van der Waals surface area contributed by atoms with Gasteiger partial charge in [-0.3, -0.25) is 9.59 Å². The maximum Gasteiger partial charge on any atom is 0.228 e. The van der Waals surface area contributed by atoms with Crippen molar-refractivity contribution in [2.45, 2.75) is 38.6 Å². The second-order valence-electron chi connectivity index (χ2n) is 7.12. The van der Waals surface area contributed by atoms with Gasteiger partial charge in [-0.15, -0.1) is 12.4 Å². The number of hydrogen-bond donors (Lipinski definition) is 1. The van der Waals surface area contributed by atoms with Gasteiger partial charge in [0.2, 0.25) is 11.8 Å². The molecule has 150 valence electrons. The third-order valence-corrected chi connectivity index (χ3v) is 5.36. The molecule has 2 aliphatic heterocycles. The summed E-state index contributed by atoms with van der Waals surface area (Å²) in [7, 11) is 1.62. The molecular weight excluding hydrogens is 366 g/mol. The fraction of sp³-hybridized carbons (Fsp3) is 0.600. The number of halogens is 1. The molecule has 2 saturated heterocycles. The first-order valence-corrected chi connectivity index (χ1v) is 9.59. The molecule has 0 aromatic heterocycles. The topological polar surface area (TPSA) is 61.9 Å². The number of benzene rings is 1. The van der Waals surface area contributed by atoms with Crippen LogP contribution in [0.4, 0.5) is 5.69 Å². The minimum absolute atomic E-state index is 0. The summed E-state index contributed by atoms with van der Waals surface area (Å²) < 4.78 is 5.17.